The molecule has 0 radical (unpaired) electrons. The van der Waals surface area contributed by atoms with Crippen LogP contribution in [-0.2, 0) is 27.1 Å². The maximum absolute atomic E-state index is 12.8. The zero-order chi connectivity index (χ0) is 19.1. The van der Waals surface area contributed by atoms with Crippen LogP contribution in [0.3, 0.4) is 0 Å². The van der Waals surface area contributed by atoms with Gasteiger partial charge in [0.05, 0.1) is 6.33 Å². The Morgan fingerprint density at radius 2 is 1.96 bits per heavy atom. The van der Waals surface area contributed by atoms with Crippen LogP contribution in [0.1, 0.15) is 24.0 Å². The van der Waals surface area contributed by atoms with Crippen molar-refractivity contribution in [1.29, 1.82) is 0 Å². The Morgan fingerprint density at radius 1 is 1.15 bits per heavy atom. The molecule has 0 aliphatic carbocycles. The number of nitrogens with zero attached hydrogens (tertiary/aromatic N) is 5. The normalized spacial score (nSPS) is 14.0. The van der Waals surface area contributed by atoms with E-state index in [4.69, 9.17) is 0 Å². The standard InChI is InChI=1S/C20H25N5O2/c1-14-7-8-16-15(12-14)6-4-9-24(16)10-5-11-25-19(26)17-18(21-13-22(17)2)23(3)20(25)27/h7-8,12-13H,4-6,9-11H2,1-3H3. The van der Waals surface area contributed by atoms with Gasteiger partial charge in [-0.15, -0.1) is 0 Å². The first kappa shape index (κ1) is 17.6. The Balaban J connectivity index is 1.57. The fraction of sp³-hybridized carbons (Fsp3) is 0.450. The van der Waals surface area contributed by atoms with Gasteiger partial charge in [0, 0.05) is 39.4 Å². The SMILES string of the molecule is Cc1ccc2c(c1)CCCN2CCCn1c(=O)c2c(ncn2C)n(C)c1=O. The van der Waals surface area contributed by atoms with Gasteiger partial charge in [-0.05, 0) is 37.8 Å². The number of rotatable bonds is 4. The van der Waals surface area contributed by atoms with Crippen LogP contribution < -0.4 is 16.1 Å². The van der Waals surface area contributed by atoms with Crippen molar-refractivity contribution in [1.82, 2.24) is 18.7 Å². The van der Waals surface area contributed by atoms with Crippen molar-refractivity contribution in [3.63, 3.8) is 0 Å². The Morgan fingerprint density at radius 3 is 2.78 bits per heavy atom. The van der Waals surface area contributed by atoms with Crippen molar-refractivity contribution in [2.45, 2.75) is 32.7 Å². The summed E-state index contributed by atoms with van der Waals surface area (Å²) >= 11 is 0. The van der Waals surface area contributed by atoms with E-state index in [0.29, 0.717) is 17.7 Å². The topological polar surface area (TPSA) is 65.1 Å². The van der Waals surface area contributed by atoms with Crippen LogP contribution in [0.4, 0.5) is 5.69 Å². The number of benzene rings is 1. The summed E-state index contributed by atoms with van der Waals surface area (Å²) in [6, 6.07) is 6.60. The lowest BCUT2D eigenvalue weighted by molar-refractivity contribution is 0.556. The largest absolute Gasteiger partial charge is 0.371 e. The van der Waals surface area contributed by atoms with Gasteiger partial charge in [-0.3, -0.25) is 13.9 Å². The van der Waals surface area contributed by atoms with Gasteiger partial charge in [-0.1, -0.05) is 17.7 Å². The predicted octanol–water partition coefficient (Wildman–Crippen LogP) is 1.59. The number of hydrogen-bond acceptors (Lipinski definition) is 4. The molecule has 0 spiro atoms. The van der Waals surface area contributed by atoms with Gasteiger partial charge in [0.1, 0.15) is 0 Å². The van der Waals surface area contributed by atoms with Crippen molar-refractivity contribution in [2.24, 2.45) is 14.1 Å². The molecule has 0 unspecified atom stereocenters. The van der Waals surface area contributed by atoms with E-state index < -0.39 is 0 Å². The highest BCUT2D eigenvalue weighted by Gasteiger charge is 2.18. The summed E-state index contributed by atoms with van der Waals surface area (Å²) < 4.78 is 4.47. The highest BCUT2D eigenvalue weighted by atomic mass is 16.2. The Bertz CT molecular complexity index is 1120. The minimum atomic E-state index is -0.305. The summed E-state index contributed by atoms with van der Waals surface area (Å²) in [7, 11) is 3.44. The molecule has 0 saturated heterocycles. The fourth-order valence-electron chi connectivity index (χ4n) is 4.05. The van der Waals surface area contributed by atoms with Crippen molar-refractivity contribution >= 4 is 16.9 Å². The summed E-state index contributed by atoms with van der Waals surface area (Å²) in [5.41, 5.74) is 4.30. The number of aryl methyl sites for hydroxylation is 4. The van der Waals surface area contributed by atoms with Gasteiger partial charge in [-0.25, -0.2) is 9.78 Å². The van der Waals surface area contributed by atoms with Crippen LogP contribution in [0.15, 0.2) is 34.1 Å². The number of anilines is 1. The molecule has 0 N–H and O–H groups in total. The van der Waals surface area contributed by atoms with Crippen LogP contribution in [0.5, 0.6) is 0 Å². The van der Waals surface area contributed by atoms with Crippen LogP contribution in [0.2, 0.25) is 0 Å². The summed E-state index contributed by atoms with van der Waals surface area (Å²) in [6.07, 6.45) is 4.57. The lowest BCUT2D eigenvalue weighted by atomic mass is 9.99. The van der Waals surface area contributed by atoms with Crippen LogP contribution in [-0.4, -0.2) is 31.8 Å². The number of hydrogen-bond donors (Lipinski definition) is 0. The maximum Gasteiger partial charge on any atom is 0.332 e. The zero-order valence-corrected chi connectivity index (χ0v) is 16.1. The van der Waals surface area contributed by atoms with E-state index in [-0.39, 0.29) is 11.2 Å². The van der Waals surface area contributed by atoms with Gasteiger partial charge >= 0.3 is 5.69 Å². The molecule has 2 aromatic heterocycles. The molecule has 1 aliphatic heterocycles. The summed E-state index contributed by atoms with van der Waals surface area (Å²) in [6.45, 7) is 4.37. The molecule has 1 aromatic carbocycles. The third-order valence-electron chi connectivity index (χ3n) is 5.46. The van der Waals surface area contributed by atoms with Gasteiger partial charge in [0.2, 0.25) is 0 Å². The molecular weight excluding hydrogens is 342 g/mol. The van der Waals surface area contributed by atoms with Crippen molar-refractivity contribution < 1.29 is 0 Å². The summed E-state index contributed by atoms with van der Waals surface area (Å²) in [5.74, 6) is 0. The molecule has 0 amide bonds. The molecule has 7 heteroatoms. The van der Waals surface area contributed by atoms with Crippen LogP contribution in [0.25, 0.3) is 11.2 Å². The second-order valence-corrected chi connectivity index (χ2v) is 7.40. The molecular formula is C20H25N5O2. The molecule has 1 aliphatic rings. The van der Waals surface area contributed by atoms with Gasteiger partial charge < -0.3 is 9.47 Å². The molecule has 4 rings (SSSR count). The molecule has 3 aromatic rings. The van der Waals surface area contributed by atoms with E-state index in [1.807, 2.05) is 0 Å². The Kier molecular flexibility index (Phi) is 4.37. The third kappa shape index (κ3) is 2.97. The molecule has 7 nitrogen and oxygen atoms in total. The smallest absolute Gasteiger partial charge is 0.332 e. The molecule has 0 saturated carbocycles. The lowest BCUT2D eigenvalue weighted by Gasteiger charge is -2.31. The van der Waals surface area contributed by atoms with Gasteiger partial charge in [-0.2, -0.15) is 0 Å². The van der Waals surface area contributed by atoms with E-state index in [9.17, 15) is 9.59 Å². The van der Waals surface area contributed by atoms with E-state index >= 15 is 0 Å². The second kappa shape index (κ2) is 6.72. The summed E-state index contributed by atoms with van der Waals surface area (Å²) in [5, 5.41) is 0. The molecule has 27 heavy (non-hydrogen) atoms. The molecule has 142 valence electrons. The minimum absolute atomic E-state index is 0.261. The van der Waals surface area contributed by atoms with Crippen molar-refractivity contribution in [3.05, 3.63) is 56.5 Å². The first-order chi connectivity index (χ1) is 13.0. The van der Waals surface area contributed by atoms with E-state index in [1.54, 1.807) is 25.0 Å². The van der Waals surface area contributed by atoms with E-state index in [0.717, 1.165) is 32.4 Å². The molecule has 0 fully saturated rings. The van der Waals surface area contributed by atoms with Crippen molar-refractivity contribution in [2.75, 3.05) is 18.0 Å². The Hall–Kier alpha value is -2.83. The number of fused-ring (bicyclic) bond motifs is 2. The minimum Gasteiger partial charge on any atom is -0.371 e. The second-order valence-electron chi connectivity index (χ2n) is 7.40. The van der Waals surface area contributed by atoms with E-state index in [1.165, 1.54) is 25.9 Å². The van der Waals surface area contributed by atoms with E-state index in [2.05, 4.69) is 35.0 Å². The zero-order valence-electron chi connectivity index (χ0n) is 16.1. The molecule has 3 heterocycles. The first-order valence-corrected chi connectivity index (χ1v) is 9.42. The van der Waals surface area contributed by atoms with Gasteiger partial charge in [0.15, 0.2) is 11.2 Å². The molecule has 0 atom stereocenters. The number of imidazole rings is 1. The maximum atomic E-state index is 12.8. The quantitative estimate of drug-likeness (QED) is 0.702. The highest BCUT2D eigenvalue weighted by molar-refractivity contribution is 5.69. The summed E-state index contributed by atoms with van der Waals surface area (Å²) in [4.78, 5) is 31.9. The lowest BCUT2D eigenvalue weighted by Crippen LogP contribution is -2.40. The number of aromatic nitrogens is 4. The predicted molar refractivity (Wildman–Crippen MR) is 107 cm³/mol. The average Bonchev–Trinajstić information content (AvgIpc) is 3.04. The van der Waals surface area contributed by atoms with Gasteiger partial charge in [0.25, 0.3) is 5.56 Å². The highest BCUT2D eigenvalue weighted by Crippen LogP contribution is 2.27. The fourth-order valence-corrected chi connectivity index (χ4v) is 4.05. The van der Waals surface area contributed by atoms with Crippen LogP contribution in [0, 0.1) is 6.92 Å². The van der Waals surface area contributed by atoms with Crippen LogP contribution >= 0.6 is 0 Å². The Labute approximate surface area is 157 Å². The monoisotopic (exact) mass is 367 g/mol. The average molecular weight is 367 g/mol. The van der Waals surface area contributed by atoms with Crippen molar-refractivity contribution in [3.8, 4) is 0 Å². The first-order valence-electron chi connectivity index (χ1n) is 9.42. The molecule has 0 bridgehead atoms. The third-order valence-corrected chi connectivity index (χ3v) is 5.46.